The van der Waals surface area contributed by atoms with Crippen LogP contribution in [0.15, 0.2) is 0 Å². The Morgan fingerprint density at radius 2 is 1.78 bits per heavy atom. The molecule has 1 aliphatic carbocycles. The fourth-order valence-electron chi connectivity index (χ4n) is 3.55. The van der Waals surface area contributed by atoms with Gasteiger partial charge in [-0.15, -0.1) is 0 Å². The van der Waals surface area contributed by atoms with Gasteiger partial charge in [0, 0.05) is 17.3 Å². The van der Waals surface area contributed by atoms with Crippen LogP contribution < -0.4 is 10.6 Å². The number of hydrogen-bond donors (Lipinski definition) is 4. The van der Waals surface area contributed by atoms with Gasteiger partial charge in [0.1, 0.15) is 5.69 Å². The first kappa shape index (κ1) is 21.0. The van der Waals surface area contributed by atoms with Crippen molar-refractivity contribution in [3.05, 3.63) is 22.5 Å². The van der Waals surface area contributed by atoms with E-state index in [1.165, 1.54) is 13.3 Å². The zero-order valence-electron chi connectivity index (χ0n) is 16.3. The summed E-state index contributed by atoms with van der Waals surface area (Å²) in [5.74, 6) is -1.40. The minimum absolute atomic E-state index is 0.0767. The fourth-order valence-corrected chi connectivity index (χ4v) is 3.55. The van der Waals surface area contributed by atoms with E-state index in [2.05, 4.69) is 15.6 Å². The Labute approximate surface area is 159 Å². The maximum Gasteiger partial charge on any atom is 0.355 e. The number of urea groups is 1. The standard InChI is InChI=1S/C19H29N3O5/c1-10-15(12(3)23)11(2)20-16(10)18(25)27-13(4)17(24)22-19(26)21-14-8-6-5-7-9-14/h12-14,20,23H,5-9H2,1-4H3,(H2,21,22,24,26)/t12-,13-/m0/s1. The number of aromatic amines is 1. The van der Waals surface area contributed by atoms with Crippen LogP contribution in [0.3, 0.4) is 0 Å². The van der Waals surface area contributed by atoms with Crippen molar-refractivity contribution in [1.82, 2.24) is 15.6 Å². The predicted molar refractivity (Wildman–Crippen MR) is 99.3 cm³/mol. The van der Waals surface area contributed by atoms with E-state index in [1.54, 1.807) is 20.8 Å². The highest BCUT2D eigenvalue weighted by Gasteiger charge is 2.26. The number of aliphatic hydroxyl groups is 1. The van der Waals surface area contributed by atoms with Crippen LogP contribution in [0.2, 0.25) is 0 Å². The normalized spacial score (nSPS) is 17.1. The van der Waals surface area contributed by atoms with Crippen LogP contribution >= 0.6 is 0 Å². The molecule has 2 rings (SSSR count). The number of nitrogens with one attached hydrogen (secondary N) is 3. The van der Waals surface area contributed by atoms with Gasteiger partial charge in [0.25, 0.3) is 5.91 Å². The summed E-state index contributed by atoms with van der Waals surface area (Å²) in [5, 5.41) is 14.8. The minimum atomic E-state index is -1.13. The van der Waals surface area contributed by atoms with Gasteiger partial charge in [0.2, 0.25) is 0 Å². The number of rotatable bonds is 5. The van der Waals surface area contributed by atoms with Gasteiger partial charge >= 0.3 is 12.0 Å². The number of hydrogen-bond acceptors (Lipinski definition) is 5. The van der Waals surface area contributed by atoms with Crippen LogP contribution in [0.4, 0.5) is 4.79 Å². The van der Waals surface area contributed by atoms with Gasteiger partial charge in [-0.1, -0.05) is 19.3 Å². The molecule has 1 heterocycles. The summed E-state index contributed by atoms with van der Waals surface area (Å²) >= 11 is 0. The Kier molecular flexibility index (Phi) is 7.01. The summed E-state index contributed by atoms with van der Waals surface area (Å²) in [4.78, 5) is 39.3. The molecule has 2 atom stereocenters. The second-order valence-electron chi connectivity index (χ2n) is 7.18. The largest absolute Gasteiger partial charge is 0.448 e. The number of H-pyrrole nitrogens is 1. The molecule has 27 heavy (non-hydrogen) atoms. The van der Waals surface area contributed by atoms with Crippen LogP contribution in [-0.4, -0.2) is 40.1 Å². The number of aryl methyl sites for hydroxylation is 1. The molecule has 3 amide bonds. The van der Waals surface area contributed by atoms with Gasteiger partial charge in [0.15, 0.2) is 6.10 Å². The Hall–Kier alpha value is -2.35. The number of carbonyl (C=O) groups excluding carboxylic acids is 3. The monoisotopic (exact) mass is 379 g/mol. The fraction of sp³-hybridized carbons (Fsp3) is 0.632. The van der Waals surface area contributed by atoms with Gasteiger partial charge in [-0.25, -0.2) is 9.59 Å². The van der Waals surface area contributed by atoms with E-state index >= 15 is 0 Å². The summed E-state index contributed by atoms with van der Waals surface area (Å²) < 4.78 is 5.17. The van der Waals surface area contributed by atoms with Crippen molar-refractivity contribution in [3.8, 4) is 0 Å². The molecule has 8 nitrogen and oxygen atoms in total. The summed E-state index contributed by atoms with van der Waals surface area (Å²) in [7, 11) is 0. The molecule has 0 spiro atoms. The van der Waals surface area contributed by atoms with E-state index in [-0.39, 0.29) is 11.7 Å². The van der Waals surface area contributed by atoms with Crippen LogP contribution in [0.1, 0.15) is 79.4 Å². The third kappa shape index (κ3) is 5.32. The number of ether oxygens (including phenoxy) is 1. The Bertz CT molecular complexity index is 704. The van der Waals surface area contributed by atoms with Crippen molar-refractivity contribution >= 4 is 17.9 Å². The Morgan fingerprint density at radius 1 is 1.15 bits per heavy atom. The summed E-state index contributed by atoms with van der Waals surface area (Å²) in [6.07, 6.45) is 3.25. The molecule has 1 aromatic rings. The van der Waals surface area contributed by atoms with E-state index in [1.807, 2.05) is 0 Å². The minimum Gasteiger partial charge on any atom is -0.448 e. The lowest BCUT2D eigenvalue weighted by molar-refractivity contribution is -0.127. The zero-order chi connectivity index (χ0) is 20.1. The molecular weight excluding hydrogens is 350 g/mol. The second kappa shape index (κ2) is 9.03. The van der Waals surface area contributed by atoms with Crippen LogP contribution in [0.25, 0.3) is 0 Å². The molecule has 1 saturated carbocycles. The summed E-state index contributed by atoms with van der Waals surface area (Å²) in [5.41, 5.74) is 2.06. The maximum atomic E-state index is 12.4. The molecule has 0 saturated heterocycles. The molecule has 1 aliphatic rings. The Morgan fingerprint density at radius 3 is 2.33 bits per heavy atom. The summed E-state index contributed by atoms with van der Waals surface area (Å²) in [6, 6.07) is -0.495. The lowest BCUT2D eigenvalue weighted by Gasteiger charge is -2.23. The number of esters is 1. The first-order valence-corrected chi connectivity index (χ1v) is 9.40. The highest BCUT2D eigenvalue weighted by molar-refractivity contribution is 5.98. The molecule has 1 aromatic heterocycles. The molecule has 0 bridgehead atoms. The lowest BCUT2D eigenvalue weighted by Crippen LogP contribution is -2.48. The SMILES string of the molecule is Cc1[nH]c(C(=O)O[C@@H](C)C(=O)NC(=O)NC2CCCCC2)c(C)c1[C@H](C)O. The highest BCUT2D eigenvalue weighted by Crippen LogP contribution is 2.25. The van der Waals surface area contributed by atoms with Gasteiger partial charge in [-0.05, 0) is 46.1 Å². The van der Waals surface area contributed by atoms with E-state index in [0.29, 0.717) is 16.8 Å². The second-order valence-corrected chi connectivity index (χ2v) is 7.18. The molecule has 0 aromatic carbocycles. The number of aromatic nitrogens is 1. The molecule has 0 aliphatic heterocycles. The number of amides is 3. The average Bonchev–Trinajstić information content (AvgIpc) is 2.90. The topological polar surface area (TPSA) is 121 Å². The van der Waals surface area contributed by atoms with Crippen molar-refractivity contribution in [3.63, 3.8) is 0 Å². The maximum absolute atomic E-state index is 12.4. The quantitative estimate of drug-likeness (QED) is 0.586. The number of imide groups is 1. The predicted octanol–water partition coefficient (Wildman–Crippen LogP) is 2.39. The molecule has 4 N–H and O–H groups in total. The van der Waals surface area contributed by atoms with Crippen molar-refractivity contribution in [2.24, 2.45) is 0 Å². The lowest BCUT2D eigenvalue weighted by atomic mass is 9.96. The van der Waals surface area contributed by atoms with Crippen LogP contribution in [-0.2, 0) is 9.53 Å². The van der Waals surface area contributed by atoms with E-state index in [9.17, 15) is 19.5 Å². The van der Waals surface area contributed by atoms with Crippen molar-refractivity contribution in [2.45, 2.75) is 78.0 Å². The first-order valence-electron chi connectivity index (χ1n) is 9.40. The molecular formula is C19H29N3O5. The molecule has 150 valence electrons. The first-order chi connectivity index (χ1) is 12.7. The van der Waals surface area contributed by atoms with Gasteiger partial charge in [0.05, 0.1) is 6.10 Å². The van der Waals surface area contributed by atoms with E-state index < -0.39 is 30.1 Å². The van der Waals surface area contributed by atoms with E-state index in [4.69, 9.17) is 4.74 Å². The molecule has 8 heteroatoms. The highest BCUT2D eigenvalue weighted by atomic mass is 16.5. The van der Waals surface area contributed by atoms with Gasteiger partial charge in [-0.2, -0.15) is 0 Å². The average molecular weight is 379 g/mol. The Balaban J connectivity index is 1.91. The van der Waals surface area contributed by atoms with E-state index in [0.717, 1.165) is 25.7 Å². The van der Waals surface area contributed by atoms with Crippen molar-refractivity contribution < 1.29 is 24.2 Å². The number of carbonyl (C=O) groups is 3. The van der Waals surface area contributed by atoms with Gasteiger partial charge < -0.3 is 20.1 Å². The van der Waals surface area contributed by atoms with Crippen molar-refractivity contribution in [2.75, 3.05) is 0 Å². The number of aliphatic hydroxyl groups excluding tert-OH is 1. The van der Waals surface area contributed by atoms with Crippen molar-refractivity contribution in [1.29, 1.82) is 0 Å². The molecule has 0 unspecified atom stereocenters. The van der Waals surface area contributed by atoms with Gasteiger partial charge in [-0.3, -0.25) is 10.1 Å². The zero-order valence-corrected chi connectivity index (χ0v) is 16.3. The molecule has 1 fully saturated rings. The molecule has 0 radical (unpaired) electrons. The van der Waals surface area contributed by atoms with Crippen LogP contribution in [0, 0.1) is 13.8 Å². The third-order valence-electron chi connectivity index (χ3n) is 4.95. The third-order valence-corrected chi connectivity index (χ3v) is 4.95. The smallest absolute Gasteiger partial charge is 0.355 e. The van der Waals surface area contributed by atoms with Crippen LogP contribution in [0.5, 0.6) is 0 Å². The summed E-state index contributed by atoms with van der Waals surface area (Å²) in [6.45, 7) is 6.46.